The minimum atomic E-state index is -4.27. The Balaban J connectivity index is 1.89. The summed E-state index contributed by atoms with van der Waals surface area (Å²) in [4.78, 5) is 2.26. The van der Waals surface area contributed by atoms with Crippen LogP contribution in [0.3, 0.4) is 0 Å². The fourth-order valence-electron chi connectivity index (χ4n) is 2.52. The zero-order chi connectivity index (χ0) is 15.5. The van der Waals surface area contributed by atoms with Crippen LogP contribution in [0.15, 0.2) is 24.3 Å². The number of rotatable bonds is 4. The van der Waals surface area contributed by atoms with Crippen LogP contribution in [0.5, 0.6) is 0 Å². The molecule has 0 aliphatic carbocycles. The van der Waals surface area contributed by atoms with Gasteiger partial charge in [-0.25, -0.2) is 5.01 Å². The van der Waals surface area contributed by atoms with Gasteiger partial charge in [0.1, 0.15) is 0 Å². The number of hydrogen-bond acceptors (Lipinski definition) is 3. The minimum Gasteiger partial charge on any atom is -0.304 e. The van der Waals surface area contributed by atoms with E-state index in [9.17, 15) is 13.2 Å². The maximum absolute atomic E-state index is 12.7. The summed E-state index contributed by atoms with van der Waals surface area (Å²) < 4.78 is 38.1. The van der Waals surface area contributed by atoms with Crippen LogP contribution in [0, 0.1) is 0 Å². The SMILES string of the molecule is C[C@H](Cc1cccc(C(F)(F)F)c1)NN1CCN(C)CC1. The van der Waals surface area contributed by atoms with E-state index < -0.39 is 11.7 Å². The third kappa shape index (κ3) is 4.98. The molecule has 118 valence electrons. The highest BCUT2D eigenvalue weighted by Gasteiger charge is 2.30. The van der Waals surface area contributed by atoms with Gasteiger partial charge in [0.2, 0.25) is 0 Å². The van der Waals surface area contributed by atoms with Crippen LogP contribution in [-0.4, -0.2) is 49.2 Å². The number of piperazine rings is 1. The third-order valence-electron chi connectivity index (χ3n) is 3.70. The molecule has 1 aromatic carbocycles. The molecule has 0 aromatic heterocycles. The van der Waals surface area contributed by atoms with Crippen molar-refractivity contribution in [2.45, 2.75) is 25.6 Å². The van der Waals surface area contributed by atoms with Crippen LogP contribution in [-0.2, 0) is 12.6 Å². The number of likely N-dealkylation sites (N-methyl/N-ethyl adjacent to an activating group) is 1. The molecule has 2 rings (SSSR count). The molecule has 0 spiro atoms. The average Bonchev–Trinajstić information content (AvgIpc) is 2.41. The molecule has 1 atom stereocenters. The lowest BCUT2D eigenvalue weighted by atomic mass is 10.0. The van der Waals surface area contributed by atoms with E-state index in [4.69, 9.17) is 0 Å². The monoisotopic (exact) mass is 301 g/mol. The zero-order valence-electron chi connectivity index (χ0n) is 12.5. The molecule has 6 heteroatoms. The summed E-state index contributed by atoms with van der Waals surface area (Å²) in [5.74, 6) is 0. The van der Waals surface area contributed by atoms with E-state index in [0.717, 1.165) is 32.2 Å². The smallest absolute Gasteiger partial charge is 0.304 e. The summed E-state index contributed by atoms with van der Waals surface area (Å²) in [6.45, 7) is 5.87. The molecule has 1 N–H and O–H groups in total. The molecule has 1 saturated heterocycles. The molecule has 1 aromatic rings. The topological polar surface area (TPSA) is 18.5 Å². The Morgan fingerprint density at radius 2 is 1.86 bits per heavy atom. The van der Waals surface area contributed by atoms with E-state index in [-0.39, 0.29) is 6.04 Å². The second-order valence-electron chi connectivity index (χ2n) is 5.72. The van der Waals surface area contributed by atoms with Gasteiger partial charge in [-0.1, -0.05) is 18.2 Å². The Hall–Kier alpha value is -1.11. The van der Waals surface area contributed by atoms with Crippen LogP contribution in [0.1, 0.15) is 18.1 Å². The summed E-state index contributed by atoms with van der Waals surface area (Å²) in [6.07, 6.45) is -3.69. The quantitative estimate of drug-likeness (QED) is 0.921. The van der Waals surface area contributed by atoms with Crippen molar-refractivity contribution in [3.05, 3.63) is 35.4 Å². The number of hydrazine groups is 1. The van der Waals surface area contributed by atoms with Crippen molar-refractivity contribution in [1.82, 2.24) is 15.3 Å². The van der Waals surface area contributed by atoms with Crippen molar-refractivity contribution in [2.24, 2.45) is 0 Å². The lowest BCUT2D eigenvalue weighted by molar-refractivity contribution is -0.137. The van der Waals surface area contributed by atoms with E-state index in [1.54, 1.807) is 6.07 Å². The Kier molecular flexibility index (Phi) is 5.24. The number of alkyl halides is 3. The van der Waals surface area contributed by atoms with Crippen molar-refractivity contribution in [3.63, 3.8) is 0 Å². The Morgan fingerprint density at radius 1 is 1.19 bits per heavy atom. The molecular formula is C15H22F3N3. The number of benzene rings is 1. The molecule has 1 aliphatic rings. The summed E-state index contributed by atoms with van der Waals surface area (Å²) in [6, 6.07) is 5.68. The molecule has 3 nitrogen and oxygen atoms in total. The second kappa shape index (κ2) is 6.77. The van der Waals surface area contributed by atoms with E-state index in [1.807, 2.05) is 6.92 Å². The van der Waals surface area contributed by atoms with Crippen LogP contribution >= 0.6 is 0 Å². The van der Waals surface area contributed by atoms with Crippen molar-refractivity contribution < 1.29 is 13.2 Å². The number of hydrogen-bond donors (Lipinski definition) is 1. The van der Waals surface area contributed by atoms with Gasteiger partial charge in [0, 0.05) is 32.2 Å². The molecular weight excluding hydrogens is 279 g/mol. The predicted octanol–water partition coefficient (Wildman–Crippen LogP) is 2.39. The second-order valence-corrected chi connectivity index (χ2v) is 5.72. The summed E-state index contributed by atoms with van der Waals surface area (Å²) >= 11 is 0. The van der Waals surface area contributed by atoms with E-state index in [1.165, 1.54) is 12.1 Å². The molecule has 1 heterocycles. The summed E-state index contributed by atoms with van der Waals surface area (Å²) in [5.41, 5.74) is 3.50. The normalized spacial score (nSPS) is 19.7. The molecule has 1 fully saturated rings. The first kappa shape index (κ1) is 16.3. The largest absolute Gasteiger partial charge is 0.416 e. The van der Waals surface area contributed by atoms with Gasteiger partial charge < -0.3 is 4.90 Å². The van der Waals surface area contributed by atoms with Gasteiger partial charge in [0.25, 0.3) is 0 Å². The van der Waals surface area contributed by atoms with Crippen molar-refractivity contribution in [3.8, 4) is 0 Å². The lowest BCUT2D eigenvalue weighted by Gasteiger charge is -2.34. The standard InChI is InChI=1S/C15H22F3N3/c1-12(19-21-8-6-20(2)7-9-21)10-13-4-3-5-14(11-13)15(16,17)18/h3-5,11-12,19H,6-10H2,1-2H3/t12-/m1/s1. The van der Waals surface area contributed by atoms with E-state index >= 15 is 0 Å². The van der Waals surface area contributed by atoms with Gasteiger partial charge in [-0.05, 0) is 32.0 Å². The van der Waals surface area contributed by atoms with Gasteiger partial charge >= 0.3 is 6.18 Å². The summed E-state index contributed by atoms with van der Waals surface area (Å²) in [5, 5.41) is 2.15. The molecule has 0 amide bonds. The number of halogens is 3. The van der Waals surface area contributed by atoms with Gasteiger partial charge in [0.15, 0.2) is 0 Å². The highest BCUT2D eigenvalue weighted by Crippen LogP contribution is 2.29. The van der Waals surface area contributed by atoms with Gasteiger partial charge in [0.05, 0.1) is 5.56 Å². The zero-order valence-corrected chi connectivity index (χ0v) is 12.5. The first-order valence-corrected chi connectivity index (χ1v) is 7.20. The van der Waals surface area contributed by atoms with Crippen LogP contribution in [0.4, 0.5) is 13.2 Å². The van der Waals surface area contributed by atoms with E-state index in [0.29, 0.717) is 12.0 Å². The summed E-state index contributed by atoms with van der Waals surface area (Å²) in [7, 11) is 2.09. The van der Waals surface area contributed by atoms with Crippen LogP contribution < -0.4 is 5.43 Å². The Bertz CT molecular complexity index is 454. The van der Waals surface area contributed by atoms with Crippen LogP contribution in [0.25, 0.3) is 0 Å². The molecule has 0 unspecified atom stereocenters. The fourth-order valence-corrected chi connectivity index (χ4v) is 2.52. The predicted molar refractivity (Wildman–Crippen MR) is 76.8 cm³/mol. The van der Waals surface area contributed by atoms with Gasteiger partial charge in [-0.3, -0.25) is 5.43 Å². The van der Waals surface area contributed by atoms with Crippen LogP contribution in [0.2, 0.25) is 0 Å². The first-order valence-electron chi connectivity index (χ1n) is 7.20. The minimum absolute atomic E-state index is 0.108. The Labute approximate surface area is 123 Å². The fraction of sp³-hybridized carbons (Fsp3) is 0.600. The molecule has 0 saturated carbocycles. The highest BCUT2D eigenvalue weighted by atomic mass is 19.4. The Morgan fingerprint density at radius 3 is 2.48 bits per heavy atom. The number of nitrogens with zero attached hydrogens (tertiary/aromatic N) is 2. The average molecular weight is 301 g/mol. The van der Waals surface area contributed by atoms with Crippen molar-refractivity contribution >= 4 is 0 Å². The van der Waals surface area contributed by atoms with Crippen molar-refractivity contribution in [2.75, 3.05) is 33.2 Å². The highest BCUT2D eigenvalue weighted by molar-refractivity contribution is 5.26. The molecule has 0 bridgehead atoms. The van der Waals surface area contributed by atoms with Gasteiger partial charge in [-0.2, -0.15) is 13.2 Å². The third-order valence-corrected chi connectivity index (χ3v) is 3.70. The molecule has 1 aliphatic heterocycles. The maximum Gasteiger partial charge on any atom is 0.416 e. The lowest BCUT2D eigenvalue weighted by Crippen LogP contribution is -2.53. The molecule has 0 radical (unpaired) electrons. The van der Waals surface area contributed by atoms with Gasteiger partial charge in [-0.15, -0.1) is 0 Å². The molecule has 21 heavy (non-hydrogen) atoms. The maximum atomic E-state index is 12.7. The van der Waals surface area contributed by atoms with Crippen molar-refractivity contribution in [1.29, 1.82) is 0 Å². The van der Waals surface area contributed by atoms with E-state index in [2.05, 4.69) is 22.4 Å². The number of nitrogens with one attached hydrogen (secondary N) is 1. The first-order chi connectivity index (χ1) is 9.84.